The van der Waals surface area contributed by atoms with Gasteiger partial charge in [-0.25, -0.2) is 4.39 Å². The summed E-state index contributed by atoms with van der Waals surface area (Å²) in [7, 11) is 4.59. The average Bonchev–Trinajstić information content (AvgIpc) is 2.72. The molecule has 0 aliphatic rings. The van der Waals surface area contributed by atoms with Crippen molar-refractivity contribution in [3.63, 3.8) is 0 Å². The summed E-state index contributed by atoms with van der Waals surface area (Å²) in [6, 6.07) is 8.06. The minimum Gasteiger partial charge on any atom is -0.497 e. The van der Waals surface area contributed by atoms with Crippen LogP contribution < -0.4 is 14.8 Å². The first kappa shape index (κ1) is 23.5. The largest absolute Gasteiger partial charge is 0.497 e. The van der Waals surface area contributed by atoms with Gasteiger partial charge in [-0.2, -0.15) is 0 Å². The highest BCUT2D eigenvalue weighted by Gasteiger charge is 2.28. The van der Waals surface area contributed by atoms with Crippen LogP contribution >= 0.6 is 11.6 Å². The molecule has 8 heteroatoms. The third-order valence-electron chi connectivity index (χ3n) is 4.63. The Balaban J connectivity index is 2.18. The van der Waals surface area contributed by atoms with Crippen molar-refractivity contribution in [2.24, 2.45) is 5.92 Å². The highest BCUT2D eigenvalue weighted by molar-refractivity contribution is 6.31. The lowest BCUT2D eigenvalue weighted by Gasteiger charge is -2.27. The van der Waals surface area contributed by atoms with Crippen LogP contribution in [-0.2, 0) is 11.3 Å². The van der Waals surface area contributed by atoms with Gasteiger partial charge < -0.3 is 19.7 Å². The van der Waals surface area contributed by atoms with E-state index in [0.29, 0.717) is 22.6 Å². The number of likely N-dealkylation sites (N-methyl/N-ethyl adjacent to an activating group) is 1. The molecule has 2 rings (SSSR count). The standard InChI is InChI=1S/C22H26ClFN2O4/c1-13(2)20(22(28)26(3)12-14-6-7-16(24)10-19(14)23)25-21(27)15-8-17(29-4)11-18(9-15)30-5/h6-11,13,20H,12H2,1-5H3,(H,25,27). The van der Waals surface area contributed by atoms with Gasteiger partial charge in [-0.1, -0.05) is 31.5 Å². The predicted molar refractivity (Wildman–Crippen MR) is 114 cm³/mol. The Bertz CT molecular complexity index is 898. The third-order valence-corrected chi connectivity index (χ3v) is 4.98. The summed E-state index contributed by atoms with van der Waals surface area (Å²) in [5.74, 6) is -0.384. The van der Waals surface area contributed by atoms with Crippen molar-refractivity contribution in [1.82, 2.24) is 10.2 Å². The predicted octanol–water partition coefficient (Wildman–Crippen LogP) is 3.91. The molecule has 0 radical (unpaired) electrons. The number of benzene rings is 2. The fourth-order valence-electron chi connectivity index (χ4n) is 2.90. The molecule has 0 spiro atoms. The second-order valence-electron chi connectivity index (χ2n) is 7.23. The fraction of sp³-hybridized carbons (Fsp3) is 0.364. The minimum atomic E-state index is -0.765. The first-order valence-electron chi connectivity index (χ1n) is 9.39. The van der Waals surface area contributed by atoms with Crippen LogP contribution in [0.3, 0.4) is 0 Å². The summed E-state index contributed by atoms with van der Waals surface area (Å²) in [6.07, 6.45) is 0. The van der Waals surface area contributed by atoms with Crippen molar-refractivity contribution in [3.8, 4) is 11.5 Å². The Kier molecular flexibility index (Phi) is 8.06. The smallest absolute Gasteiger partial charge is 0.252 e. The number of amides is 2. The van der Waals surface area contributed by atoms with Crippen molar-refractivity contribution in [2.75, 3.05) is 21.3 Å². The molecular formula is C22H26ClFN2O4. The lowest BCUT2D eigenvalue weighted by molar-refractivity contribution is -0.133. The van der Waals surface area contributed by atoms with E-state index in [1.54, 1.807) is 25.2 Å². The molecule has 2 aromatic rings. The maximum Gasteiger partial charge on any atom is 0.252 e. The monoisotopic (exact) mass is 436 g/mol. The zero-order chi connectivity index (χ0) is 22.4. The van der Waals surface area contributed by atoms with Crippen LogP contribution in [0.15, 0.2) is 36.4 Å². The number of ether oxygens (including phenoxy) is 2. The Labute approximate surface area is 180 Å². The van der Waals surface area contributed by atoms with E-state index in [-0.39, 0.29) is 23.4 Å². The number of methoxy groups -OCH3 is 2. The first-order valence-corrected chi connectivity index (χ1v) is 9.76. The van der Waals surface area contributed by atoms with Crippen LogP contribution in [0.4, 0.5) is 4.39 Å². The Morgan fingerprint density at radius 2 is 1.70 bits per heavy atom. The van der Waals surface area contributed by atoms with Gasteiger partial charge in [-0.3, -0.25) is 9.59 Å². The van der Waals surface area contributed by atoms with Crippen molar-refractivity contribution < 1.29 is 23.5 Å². The molecular weight excluding hydrogens is 411 g/mol. The van der Waals surface area contributed by atoms with E-state index < -0.39 is 17.8 Å². The lowest BCUT2D eigenvalue weighted by Crippen LogP contribution is -2.50. The van der Waals surface area contributed by atoms with E-state index in [1.807, 2.05) is 13.8 Å². The van der Waals surface area contributed by atoms with E-state index in [9.17, 15) is 14.0 Å². The molecule has 2 amide bonds. The summed E-state index contributed by atoms with van der Waals surface area (Å²) < 4.78 is 23.7. The second-order valence-corrected chi connectivity index (χ2v) is 7.63. The summed E-state index contributed by atoms with van der Waals surface area (Å²) in [4.78, 5) is 27.3. The number of halogens is 2. The topological polar surface area (TPSA) is 67.9 Å². The van der Waals surface area contributed by atoms with Crippen molar-refractivity contribution in [2.45, 2.75) is 26.4 Å². The molecule has 1 N–H and O–H groups in total. The number of rotatable bonds is 8. The van der Waals surface area contributed by atoms with E-state index >= 15 is 0 Å². The van der Waals surface area contributed by atoms with Gasteiger partial charge in [0.25, 0.3) is 5.91 Å². The number of carbonyl (C=O) groups is 2. The molecule has 0 saturated carbocycles. The van der Waals surface area contributed by atoms with E-state index in [4.69, 9.17) is 21.1 Å². The van der Waals surface area contributed by atoms with Crippen molar-refractivity contribution in [3.05, 3.63) is 58.4 Å². The van der Waals surface area contributed by atoms with E-state index in [0.717, 1.165) is 0 Å². The quantitative estimate of drug-likeness (QED) is 0.681. The molecule has 1 unspecified atom stereocenters. The van der Waals surface area contributed by atoms with Crippen LogP contribution in [0.25, 0.3) is 0 Å². The number of carbonyl (C=O) groups excluding carboxylic acids is 2. The highest BCUT2D eigenvalue weighted by atomic mass is 35.5. The molecule has 1 atom stereocenters. The van der Waals surface area contributed by atoms with Crippen LogP contribution in [0, 0.1) is 11.7 Å². The van der Waals surface area contributed by atoms with E-state index in [2.05, 4.69) is 5.32 Å². The Morgan fingerprint density at radius 3 is 2.20 bits per heavy atom. The first-order chi connectivity index (χ1) is 14.2. The summed E-state index contributed by atoms with van der Waals surface area (Å²) in [6.45, 7) is 3.87. The highest BCUT2D eigenvalue weighted by Crippen LogP contribution is 2.23. The second kappa shape index (κ2) is 10.3. The fourth-order valence-corrected chi connectivity index (χ4v) is 3.12. The van der Waals surface area contributed by atoms with E-state index in [1.165, 1.54) is 37.3 Å². The van der Waals surface area contributed by atoms with Crippen LogP contribution in [0.1, 0.15) is 29.8 Å². The lowest BCUT2D eigenvalue weighted by atomic mass is 10.0. The minimum absolute atomic E-state index is 0.167. The Hall–Kier alpha value is -2.80. The van der Waals surface area contributed by atoms with Gasteiger partial charge >= 0.3 is 0 Å². The van der Waals surface area contributed by atoms with Gasteiger partial charge in [-0.15, -0.1) is 0 Å². The average molecular weight is 437 g/mol. The van der Waals surface area contributed by atoms with Crippen LogP contribution in [-0.4, -0.2) is 44.0 Å². The molecule has 0 aromatic heterocycles. The molecule has 2 aromatic carbocycles. The molecule has 162 valence electrons. The van der Waals surface area contributed by atoms with Gasteiger partial charge in [0.2, 0.25) is 5.91 Å². The summed E-state index contributed by atoms with van der Waals surface area (Å²) in [5, 5.41) is 3.03. The summed E-state index contributed by atoms with van der Waals surface area (Å²) in [5.41, 5.74) is 0.925. The molecule has 30 heavy (non-hydrogen) atoms. The van der Waals surface area contributed by atoms with Crippen molar-refractivity contribution >= 4 is 23.4 Å². The van der Waals surface area contributed by atoms with Crippen LogP contribution in [0.2, 0.25) is 5.02 Å². The number of hydrogen-bond acceptors (Lipinski definition) is 4. The zero-order valence-corrected chi connectivity index (χ0v) is 18.4. The van der Waals surface area contributed by atoms with Gasteiger partial charge in [0.05, 0.1) is 14.2 Å². The number of nitrogens with one attached hydrogen (secondary N) is 1. The van der Waals surface area contributed by atoms with Gasteiger partial charge in [-0.05, 0) is 35.7 Å². The molecule has 0 saturated heterocycles. The molecule has 0 bridgehead atoms. The number of nitrogens with zero attached hydrogens (tertiary/aromatic N) is 1. The Morgan fingerprint density at radius 1 is 1.10 bits per heavy atom. The number of hydrogen-bond donors (Lipinski definition) is 1. The molecule has 6 nitrogen and oxygen atoms in total. The zero-order valence-electron chi connectivity index (χ0n) is 17.7. The SMILES string of the molecule is COc1cc(OC)cc(C(=O)NC(C(=O)N(C)Cc2ccc(F)cc2Cl)C(C)C)c1. The molecule has 0 fully saturated rings. The van der Waals surface area contributed by atoms with Gasteiger partial charge in [0, 0.05) is 30.2 Å². The van der Waals surface area contributed by atoms with Crippen molar-refractivity contribution in [1.29, 1.82) is 0 Å². The molecule has 0 heterocycles. The van der Waals surface area contributed by atoms with Crippen LogP contribution in [0.5, 0.6) is 11.5 Å². The maximum atomic E-state index is 13.3. The van der Waals surface area contributed by atoms with Gasteiger partial charge in [0.15, 0.2) is 0 Å². The summed E-state index contributed by atoms with van der Waals surface area (Å²) >= 11 is 6.07. The maximum absolute atomic E-state index is 13.3. The third kappa shape index (κ3) is 5.86. The molecule has 0 aliphatic heterocycles. The normalized spacial score (nSPS) is 11.7. The molecule has 0 aliphatic carbocycles. The van der Waals surface area contributed by atoms with Gasteiger partial charge in [0.1, 0.15) is 23.4 Å².